The molecule has 1 aromatic carbocycles. The molecule has 0 unspecified atom stereocenters. The third-order valence-electron chi connectivity index (χ3n) is 2.90. The van der Waals surface area contributed by atoms with Crippen molar-refractivity contribution in [2.45, 2.75) is 18.8 Å². The summed E-state index contributed by atoms with van der Waals surface area (Å²) >= 11 is 5.15. The number of benzene rings is 1. The molecule has 86 valence electrons. The van der Waals surface area contributed by atoms with Crippen LogP contribution in [0, 0.1) is 10.5 Å². The van der Waals surface area contributed by atoms with Crippen LogP contribution in [0.15, 0.2) is 30.3 Å². The Balaban J connectivity index is 2.07. The smallest absolute Gasteiger partial charge is 0.139 e. The van der Waals surface area contributed by atoms with Crippen LogP contribution in [0.2, 0.25) is 0 Å². The molecule has 1 saturated carbocycles. The molecule has 1 aliphatic rings. The topological polar surface area (TPSA) is 28.7 Å². The van der Waals surface area contributed by atoms with E-state index in [4.69, 9.17) is 12.2 Å². The van der Waals surface area contributed by atoms with Gasteiger partial charge in [0.15, 0.2) is 0 Å². The summed E-state index contributed by atoms with van der Waals surface area (Å²) in [6.45, 7) is 0. The fourth-order valence-electron chi connectivity index (χ4n) is 1.83. The minimum atomic E-state index is -0.245. The number of aromatic amines is 1. The summed E-state index contributed by atoms with van der Waals surface area (Å²) in [4.78, 5) is 7.56. The van der Waals surface area contributed by atoms with Crippen molar-refractivity contribution < 1.29 is 4.39 Å². The van der Waals surface area contributed by atoms with Crippen molar-refractivity contribution >= 4 is 12.2 Å². The highest BCUT2D eigenvalue weighted by molar-refractivity contribution is 7.71. The molecule has 1 fully saturated rings. The van der Waals surface area contributed by atoms with Crippen molar-refractivity contribution in [2.24, 2.45) is 0 Å². The van der Waals surface area contributed by atoms with Gasteiger partial charge in [0.2, 0.25) is 0 Å². The van der Waals surface area contributed by atoms with Gasteiger partial charge >= 0.3 is 0 Å². The average molecular weight is 246 g/mol. The lowest BCUT2D eigenvalue weighted by molar-refractivity contribution is 0.628. The molecule has 1 aromatic heterocycles. The van der Waals surface area contributed by atoms with Crippen LogP contribution in [-0.2, 0) is 0 Å². The number of H-pyrrole nitrogens is 1. The van der Waals surface area contributed by atoms with Gasteiger partial charge in [-0.2, -0.15) is 0 Å². The number of nitrogens with one attached hydrogen (secondary N) is 1. The first-order valence-electron chi connectivity index (χ1n) is 5.59. The SMILES string of the molecule is Fc1ccc(-c2nc(=S)cc(C3CC3)[nH]2)cc1. The summed E-state index contributed by atoms with van der Waals surface area (Å²) in [6.07, 6.45) is 2.41. The van der Waals surface area contributed by atoms with Crippen molar-refractivity contribution in [3.05, 3.63) is 46.5 Å². The lowest BCUT2D eigenvalue weighted by Gasteiger charge is -2.04. The maximum atomic E-state index is 12.8. The minimum absolute atomic E-state index is 0.245. The highest BCUT2D eigenvalue weighted by Gasteiger charge is 2.24. The molecule has 0 bridgehead atoms. The third-order valence-corrected chi connectivity index (χ3v) is 3.11. The Morgan fingerprint density at radius 2 is 1.94 bits per heavy atom. The van der Waals surface area contributed by atoms with Gasteiger partial charge in [-0.25, -0.2) is 9.37 Å². The second-order valence-corrected chi connectivity index (χ2v) is 4.72. The molecule has 0 radical (unpaired) electrons. The van der Waals surface area contributed by atoms with Crippen LogP contribution in [0.5, 0.6) is 0 Å². The van der Waals surface area contributed by atoms with Gasteiger partial charge < -0.3 is 4.98 Å². The van der Waals surface area contributed by atoms with Crippen molar-refractivity contribution in [1.82, 2.24) is 9.97 Å². The fourth-order valence-corrected chi connectivity index (χ4v) is 2.05. The zero-order chi connectivity index (χ0) is 11.8. The van der Waals surface area contributed by atoms with E-state index < -0.39 is 0 Å². The largest absolute Gasteiger partial charge is 0.343 e. The third kappa shape index (κ3) is 2.26. The molecule has 4 heteroatoms. The van der Waals surface area contributed by atoms with Crippen LogP contribution in [0.1, 0.15) is 24.5 Å². The van der Waals surface area contributed by atoms with Gasteiger partial charge in [-0.3, -0.25) is 0 Å². The highest BCUT2D eigenvalue weighted by atomic mass is 32.1. The Morgan fingerprint density at radius 1 is 1.24 bits per heavy atom. The molecular weight excluding hydrogens is 235 g/mol. The van der Waals surface area contributed by atoms with Crippen LogP contribution in [-0.4, -0.2) is 9.97 Å². The Morgan fingerprint density at radius 3 is 2.59 bits per heavy atom. The highest BCUT2D eigenvalue weighted by Crippen LogP contribution is 2.39. The van der Waals surface area contributed by atoms with Gasteiger partial charge in [0, 0.05) is 11.3 Å². The summed E-state index contributed by atoms with van der Waals surface area (Å²) in [5.74, 6) is 1.07. The first-order chi connectivity index (χ1) is 8.22. The van der Waals surface area contributed by atoms with Gasteiger partial charge in [-0.1, -0.05) is 12.2 Å². The Labute approximate surface area is 104 Å². The molecule has 2 nitrogen and oxygen atoms in total. The second-order valence-electron chi connectivity index (χ2n) is 4.30. The van der Waals surface area contributed by atoms with Gasteiger partial charge in [-0.05, 0) is 49.1 Å². The predicted octanol–water partition coefficient (Wildman–Crippen LogP) is 3.82. The number of halogens is 1. The molecular formula is C13H11FN2S. The van der Waals surface area contributed by atoms with Gasteiger partial charge in [-0.15, -0.1) is 0 Å². The summed E-state index contributed by atoms with van der Waals surface area (Å²) in [5.41, 5.74) is 2.00. The Kier molecular flexibility index (Phi) is 2.52. The van der Waals surface area contributed by atoms with Gasteiger partial charge in [0.25, 0.3) is 0 Å². The molecule has 0 saturated heterocycles. The standard InChI is InChI=1S/C13H11FN2S/c14-10-5-3-9(4-6-10)13-15-11(8-1-2-8)7-12(17)16-13/h3-8H,1-2H2,(H,15,16,17). The van der Waals surface area contributed by atoms with Crippen LogP contribution >= 0.6 is 12.2 Å². The van der Waals surface area contributed by atoms with E-state index >= 15 is 0 Å². The molecule has 0 spiro atoms. The molecule has 1 N–H and O–H groups in total. The molecule has 2 aromatic rings. The van der Waals surface area contributed by atoms with E-state index in [-0.39, 0.29) is 5.82 Å². The molecule has 0 aliphatic heterocycles. The summed E-state index contributed by atoms with van der Waals surface area (Å²) in [7, 11) is 0. The molecule has 0 atom stereocenters. The van der Waals surface area contributed by atoms with E-state index in [9.17, 15) is 4.39 Å². The number of aromatic nitrogens is 2. The van der Waals surface area contributed by atoms with E-state index in [2.05, 4.69) is 9.97 Å². The predicted molar refractivity (Wildman–Crippen MR) is 66.8 cm³/mol. The van der Waals surface area contributed by atoms with Crippen LogP contribution in [0.3, 0.4) is 0 Å². The summed E-state index contributed by atoms with van der Waals surface area (Å²) in [5, 5.41) is 0. The zero-order valence-corrected chi connectivity index (χ0v) is 9.93. The molecule has 1 heterocycles. The normalized spacial score (nSPS) is 14.9. The summed E-state index contributed by atoms with van der Waals surface area (Å²) in [6, 6.07) is 8.19. The van der Waals surface area contributed by atoms with E-state index in [1.807, 2.05) is 6.07 Å². The van der Waals surface area contributed by atoms with Crippen molar-refractivity contribution in [2.75, 3.05) is 0 Å². The molecule has 3 rings (SSSR count). The van der Waals surface area contributed by atoms with E-state index in [0.29, 0.717) is 10.6 Å². The van der Waals surface area contributed by atoms with Crippen LogP contribution in [0.25, 0.3) is 11.4 Å². The first-order valence-corrected chi connectivity index (χ1v) is 6.00. The number of hydrogen-bond donors (Lipinski definition) is 1. The lowest BCUT2D eigenvalue weighted by Crippen LogP contribution is -1.94. The number of rotatable bonds is 2. The fraction of sp³-hybridized carbons (Fsp3) is 0.231. The lowest BCUT2D eigenvalue weighted by atomic mass is 10.2. The molecule has 0 amide bonds. The Bertz CT molecular complexity index is 600. The van der Waals surface area contributed by atoms with Crippen molar-refractivity contribution in [3.63, 3.8) is 0 Å². The second kappa shape index (κ2) is 4.04. The monoisotopic (exact) mass is 246 g/mol. The molecule has 17 heavy (non-hydrogen) atoms. The first kappa shape index (κ1) is 10.6. The van der Waals surface area contributed by atoms with Crippen LogP contribution < -0.4 is 0 Å². The number of hydrogen-bond acceptors (Lipinski definition) is 2. The van der Waals surface area contributed by atoms with E-state index in [1.165, 1.54) is 25.0 Å². The molecule has 1 aliphatic carbocycles. The zero-order valence-electron chi connectivity index (χ0n) is 9.11. The number of nitrogens with zero attached hydrogens (tertiary/aromatic N) is 1. The Hall–Kier alpha value is -1.55. The van der Waals surface area contributed by atoms with Crippen molar-refractivity contribution in [3.8, 4) is 11.4 Å². The maximum absolute atomic E-state index is 12.8. The van der Waals surface area contributed by atoms with Crippen molar-refractivity contribution in [1.29, 1.82) is 0 Å². The minimum Gasteiger partial charge on any atom is -0.343 e. The van der Waals surface area contributed by atoms with Gasteiger partial charge in [0.1, 0.15) is 16.3 Å². The van der Waals surface area contributed by atoms with Crippen LogP contribution in [0.4, 0.5) is 4.39 Å². The summed E-state index contributed by atoms with van der Waals surface area (Å²) < 4.78 is 13.4. The average Bonchev–Trinajstić information content (AvgIpc) is 3.13. The van der Waals surface area contributed by atoms with E-state index in [0.717, 1.165) is 17.1 Å². The quantitative estimate of drug-likeness (QED) is 0.816. The van der Waals surface area contributed by atoms with Gasteiger partial charge in [0.05, 0.1) is 0 Å². The van der Waals surface area contributed by atoms with E-state index in [1.54, 1.807) is 12.1 Å². The maximum Gasteiger partial charge on any atom is 0.139 e.